The van der Waals surface area contributed by atoms with Crippen LogP contribution in [0.5, 0.6) is 11.5 Å². The van der Waals surface area contributed by atoms with E-state index >= 15 is 0 Å². The van der Waals surface area contributed by atoms with E-state index in [4.69, 9.17) is 21.1 Å². The molecule has 0 N–H and O–H groups in total. The number of carbonyl (C=O) groups excluding carboxylic acids is 1. The van der Waals surface area contributed by atoms with Crippen molar-refractivity contribution in [3.63, 3.8) is 0 Å². The Labute approximate surface area is 191 Å². The molecule has 0 spiro atoms. The maximum atomic E-state index is 13.1. The molecular weight excluding hydrogens is 459 g/mol. The summed E-state index contributed by atoms with van der Waals surface area (Å²) >= 11 is 6.23. The van der Waals surface area contributed by atoms with Gasteiger partial charge in [0.15, 0.2) is 11.5 Å². The van der Waals surface area contributed by atoms with Crippen molar-refractivity contribution >= 4 is 33.6 Å². The summed E-state index contributed by atoms with van der Waals surface area (Å²) in [6, 6.07) is 8.19. The minimum atomic E-state index is -3.75. The van der Waals surface area contributed by atoms with E-state index in [0.29, 0.717) is 48.3 Å². The first-order valence-corrected chi connectivity index (χ1v) is 12.0. The minimum Gasteiger partial charge on any atom is -0.486 e. The van der Waals surface area contributed by atoms with Crippen LogP contribution in [0.4, 0.5) is 4.39 Å². The van der Waals surface area contributed by atoms with Gasteiger partial charge in [-0.3, -0.25) is 4.79 Å². The number of halogens is 2. The number of hydrogen-bond donors (Lipinski definition) is 0. The van der Waals surface area contributed by atoms with Gasteiger partial charge in [0.1, 0.15) is 19.0 Å². The molecule has 1 saturated heterocycles. The average molecular weight is 481 g/mol. The summed E-state index contributed by atoms with van der Waals surface area (Å²) in [6.45, 7) is 2.00. The van der Waals surface area contributed by atoms with Crippen molar-refractivity contribution in [2.75, 3.05) is 39.4 Å². The first-order chi connectivity index (χ1) is 15.3. The maximum Gasteiger partial charge on any atom is 0.246 e. The Morgan fingerprint density at radius 1 is 1.03 bits per heavy atom. The summed E-state index contributed by atoms with van der Waals surface area (Å²) in [4.78, 5) is 14.3. The van der Waals surface area contributed by atoms with Gasteiger partial charge in [-0.05, 0) is 54.5 Å². The number of amides is 1. The van der Waals surface area contributed by atoms with E-state index in [1.165, 1.54) is 22.5 Å². The second kappa shape index (κ2) is 9.48. The Kier molecular flexibility index (Phi) is 6.68. The van der Waals surface area contributed by atoms with Crippen LogP contribution in [-0.2, 0) is 14.8 Å². The molecule has 0 bridgehead atoms. The molecule has 2 aliphatic rings. The number of rotatable bonds is 4. The molecule has 0 aliphatic carbocycles. The summed E-state index contributed by atoms with van der Waals surface area (Å²) in [5.74, 6) is 0.309. The van der Waals surface area contributed by atoms with Crippen molar-refractivity contribution in [3.8, 4) is 11.5 Å². The summed E-state index contributed by atoms with van der Waals surface area (Å²) in [6.07, 6.45) is 3.58. The van der Waals surface area contributed by atoms with Gasteiger partial charge in [0.25, 0.3) is 0 Å². The van der Waals surface area contributed by atoms with E-state index < -0.39 is 15.8 Å². The van der Waals surface area contributed by atoms with Gasteiger partial charge >= 0.3 is 0 Å². The van der Waals surface area contributed by atoms with E-state index in [0.717, 1.165) is 12.1 Å². The first-order valence-electron chi connectivity index (χ1n) is 10.2. The van der Waals surface area contributed by atoms with Crippen LogP contribution in [0.2, 0.25) is 5.02 Å². The molecule has 2 aromatic carbocycles. The predicted octanol–water partition coefficient (Wildman–Crippen LogP) is 3.19. The number of nitrogens with zero attached hydrogens (tertiary/aromatic N) is 2. The van der Waals surface area contributed by atoms with Crippen LogP contribution in [-0.4, -0.2) is 62.9 Å². The van der Waals surface area contributed by atoms with Gasteiger partial charge < -0.3 is 14.4 Å². The smallest absolute Gasteiger partial charge is 0.246 e. The normalized spacial score (nSPS) is 17.4. The molecule has 0 radical (unpaired) electrons. The molecule has 2 heterocycles. The predicted molar refractivity (Wildman–Crippen MR) is 118 cm³/mol. The van der Waals surface area contributed by atoms with Gasteiger partial charge in [0, 0.05) is 32.3 Å². The zero-order chi connectivity index (χ0) is 22.7. The van der Waals surface area contributed by atoms with Gasteiger partial charge in [-0.1, -0.05) is 11.6 Å². The van der Waals surface area contributed by atoms with E-state index in [1.54, 1.807) is 23.1 Å². The van der Waals surface area contributed by atoms with Crippen LogP contribution in [0, 0.1) is 5.82 Å². The lowest BCUT2D eigenvalue weighted by atomic mass is 10.1. The van der Waals surface area contributed by atoms with Gasteiger partial charge in [-0.25, -0.2) is 12.8 Å². The monoisotopic (exact) mass is 480 g/mol. The number of hydrogen-bond acceptors (Lipinski definition) is 5. The number of benzene rings is 2. The van der Waals surface area contributed by atoms with Gasteiger partial charge in [0.05, 0.1) is 9.92 Å². The van der Waals surface area contributed by atoms with Crippen LogP contribution < -0.4 is 9.47 Å². The standard InChI is InChI=1S/C22H22ClFN2O5S/c23-19-14-16(15-20-22(19)31-13-12-30-20)2-7-21(27)25-8-1-9-26(11-10-25)32(28,29)18-5-3-17(24)4-6-18/h2-7,14-15H,1,8-13H2. The highest BCUT2D eigenvalue weighted by Crippen LogP contribution is 2.38. The van der Waals surface area contributed by atoms with Gasteiger partial charge in [0.2, 0.25) is 15.9 Å². The molecule has 0 saturated carbocycles. The summed E-state index contributed by atoms with van der Waals surface area (Å²) in [7, 11) is -3.75. The van der Waals surface area contributed by atoms with E-state index in [9.17, 15) is 17.6 Å². The van der Waals surface area contributed by atoms with Crippen molar-refractivity contribution in [1.82, 2.24) is 9.21 Å². The third-order valence-electron chi connectivity index (χ3n) is 5.26. The second-order valence-corrected chi connectivity index (χ2v) is 9.74. The molecule has 0 atom stereocenters. The highest BCUT2D eigenvalue weighted by Gasteiger charge is 2.28. The molecule has 32 heavy (non-hydrogen) atoms. The van der Waals surface area contributed by atoms with Crippen molar-refractivity contribution in [1.29, 1.82) is 0 Å². The fraction of sp³-hybridized carbons (Fsp3) is 0.318. The van der Waals surface area contributed by atoms with Crippen LogP contribution in [0.3, 0.4) is 0 Å². The Morgan fingerprint density at radius 3 is 2.56 bits per heavy atom. The largest absolute Gasteiger partial charge is 0.486 e. The Bertz CT molecular complexity index is 1140. The van der Waals surface area contributed by atoms with Crippen molar-refractivity contribution in [2.45, 2.75) is 11.3 Å². The van der Waals surface area contributed by atoms with E-state index in [-0.39, 0.29) is 30.4 Å². The SMILES string of the molecule is O=C(C=Cc1cc(Cl)c2c(c1)OCCO2)N1CCCN(S(=O)(=O)c2ccc(F)cc2)CC1. The molecule has 7 nitrogen and oxygen atoms in total. The van der Waals surface area contributed by atoms with Gasteiger partial charge in [-0.15, -0.1) is 0 Å². The molecule has 170 valence electrons. The molecule has 2 aromatic rings. The molecular formula is C22H22ClFN2O5S. The van der Waals surface area contributed by atoms with Crippen LogP contribution in [0.15, 0.2) is 47.4 Å². The molecule has 0 aromatic heterocycles. The fourth-order valence-corrected chi connectivity index (χ4v) is 5.35. The Hall–Kier alpha value is -2.62. The Balaban J connectivity index is 1.42. The number of sulfonamides is 1. The molecule has 4 rings (SSSR count). The topological polar surface area (TPSA) is 76.2 Å². The number of fused-ring (bicyclic) bond motifs is 1. The van der Waals surface area contributed by atoms with Crippen molar-refractivity contribution in [2.24, 2.45) is 0 Å². The van der Waals surface area contributed by atoms with Crippen molar-refractivity contribution < 1.29 is 27.1 Å². The highest BCUT2D eigenvalue weighted by molar-refractivity contribution is 7.89. The molecule has 0 unspecified atom stereocenters. The summed E-state index contributed by atoms with van der Waals surface area (Å²) in [5.41, 5.74) is 0.697. The maximum absolute atomic E-state index is 13.1. The third kappa shape index (κ3) is 4.90. The van der Waals surface area contributed by atoms with Crippen LogP contribution >= 0.6 is 11.6 Å². The van der Waals surface area contributed by atoms with Crippen molar-refractivity contribution in [3.05, 3.63) is 58.9 Å². The van der Waals surface area contributed by atoms with Gasteiger partial charge in [-0.2, -0.15) is 4.31 Å². The fourth-order valence-electron chi connectivity index (χ4n) is 3.61. The number of carbonyl (C=O) groups is 1. The Morgan fingerprint density at radius 2 is 1.78 bits per heavy atom. The number of ether oxygens (including phenoxy) is 2. The average Bonchev–Trinajstić information content (AvgIpc) is 3.05. The zero-order valence-electron chi connectivity index (χ0n) is 17.2. The summed E-state index contributed by atoms with van der Waals surface area (Å²) in [5, 5.41) is 0.408. The lowest BCUT2D eigenvalue weighted by molar-refractivity contribution is -0.125. The lowest BCUT2D eigenvalue weighted by Crippen LogP contribution is -2.36. The second-order valence-electron chi connectivity index (χ2n) is 7.40. The molecule has 1 fully saturated rings. The minimum absolute atomic E-state index is 0.0362. The lowest BCUT2D eigenvalue weighted by Gasteiger charge is -2.21. The summed E-state index contributed by atoms with van der Waals surface area (Å²) < 4.78 is 51.2. The quantitative estimate of drug-likeness (QED) is 0.628. The van der Waals surface area contributed by atoms with Crippen LogP contribution in [0.25, 0.3) is 6.08 Å². The third-order valence-corrected chi connectivity index (χ3v) is 7.45. The van der Waals surface area contributed by atoms with E-state index in [1.807, 2.05) is 0 Å². The molecule has 1 amide bonds. The molecule has 10 heteroatoms. The highest BCUT2D eigenvalue weighted by atomic mass is 35.5. The van der Waals surface area contributed by atoms with Crippen LogP contribution in [0.1, 0.15) is 12.0 Å². The molecule has 2 aliphatic heterocycles. The first kappa shape index (κ1) is 22.6. The zero-order valence-corrected chi connectivity index (χ0v) is 18.7. The van der Waals surface area contributed by atoms with E-state index in [2.05, 4.69) is 0 Å².